The second kappa shape index (κ2) is 4.52. The van der Waals surface area contributed by atoms with E-state index < -0.39 is 24.1 Å². The molecule has 1 aliphatic carbocycles. The van der Waals surface area contributed by atoms with Crippen LogP contribution < -0.4 is 15.1 Å². The van der Waals surface area contributed by atoms with E-state index in [1.54, 1.807) is 12.3 Å². The maximum Gasteiger partial charge on any atom is 0.342 e. The van der Waals surface area contributed by atoms with Gasteiger partial charge in [0, 0.05) is 18.1 Å². The van der Waals surface area contributed by atoms with Gasteiger partial charge in [-0.3, -0.25) is 0 Å². The molecule has 0 spiro atoms. The van der Waals surface area contributed by atoms with Crippen LogP contribution >= 0.6 is 0 Å². The molecule has 1 aromatic carbocycles. The molecule has 0 amide bonds. The van der Waals surface area contributed by atoms with Gasteiger partial charge in [-0.1, -0.05) is 0 Å². The molecular weight excluding hydrogens is 316 g/mol. The van der Waals surface area contributed by atoms with Gasteiger partial charge in [0.1, 0.15) is 17.1 Å². The summed E-state index contributed by atoms with van der Waals surface area (Å²) in [5, 5.41) is 20.9. The maximum atomic E-state index is 12.4. The standard InChI is InChI=1S/C17H14O7/c1-21-9-5-10-11(6-2-3-22-17(6)23-10)15-14(9)12-7(18)4-8(19)13(12)16(20)24-15/h2-3,5-8,17-19H,4H2,1H3/t6-,7?,8-,17+/m0/s1. The fraction of sp³-hybridized carbons (Fsp3) is 0.353. The van der Waals surface area contributed by atoms with E-state index in [2.05, 4.69) is 0 Å². The molecule has 0 bridgehead atoms. The zero-order valence-electron chi connectivity index (χ0n) is 12.7. The Kier molecular flexibility index (Phi) is 2.62. The van der Waals surface area contributed by atoms with Crippen molar-refractivity contribution >= 4 is 11.0 Å². The molecule has 4 atom stereocenters. The number of ether oxygens (including phenoxy) is 3. The molecular formula is C17H14O7. The van der Waals surface area contributed by atoms with Crippen molar-refractivity contribution in [3.63, 3.8) is 0 Å². The van der Waals surface area contributed by atoms with Crippen LogP contribution in [-0.2, 0) is 4.74 Å². The second-order valence-electron chi connectivity index (χ2n) is 6.16. The number of methoxy groups -OCH3 is 1. The van der Waals surface area contributed by atoms with Crippen molar-refractivity contribution in [2.75, 3.05) is 7.11 Å². The highest BCUT2D eigenvalue weighted by molar-refractivity contribution is 5.94. The number of benzene rings is 1. The van der Waals surface area contributed by atoms with Gasteiger partial charge in [-0.2, -0.15) is 0 Å². The maximum absolute atomic E-state index is 12.4. The van der Waals surface area contributed by atoms with Crippen LogP contribution in [0.15, 0.2) is 27.6 Å². The first-order valence-corrected chi connectivity index (χ1v) is 7.66. The number of aliphatic hydroxyl groups is 2. The van der Waals surface area contributed by atoms with Crippen molar-refractivity contribution in [1.82, 2.24) is 0 Å². The number of aliphatic hydroxyl groups excluding tert-OH is 2. The molecule has 7 heteroatoms. The topological polar surface area (TPSA) is 98.4 Å². The van der Waals surface area contributed by atoms with Crippen molar-refractivity contribution in [2.24, 2.45) is 0 Å². The number of hydrogen-bond donors (Lipinski definition) is 2. The van der Waals surface area contributed by atoms with Crippen molar-refractivity contribution < 1.29 is 28.8 Å². The smallest absolute Gasteiger partial charge is 0.342 e. The summed E-state index contributed by atoms with van der Waals surface area (Å²) in [5.74, 6) is 0.744. The predicted molar refractivity (Wildman–Crippen MR) is 81.0 cm³/mol. The van der Waals surface area contributed by atoms with E-state index in [1.807, 2.05) is 6.08 Å². The lowest BCUT2D eigenvalue weighted by atomic mass is 9.95. The van der Waals surface area contributed by atoms with Crippen LogP contribution in [0.5, 0.6) is 11.5 Å². The highest BCUT2D eigenvalue weighted by Gasteiger charge is 2.43. The third kappa shape index (κ3) is 1.55. The van der Waals surface area contributed by atoms with Crippen molar-refractivity contribution in [3.8, 4) is 11.5 Å². The Labute approximate surface area is 135 Å². The van der Waals surface area contributed by atoms with Crippen LogP contribution in [-0.4, -0.2) is 23.6 Å². The average molecular weight is 330 g/mol. The van der Waals surface area contributed by atoms with Crippen molar-refractivity contribution in [3.05, 3.63) is 45.5 Å². The molecule has 5 rings (SSSR count). The summed E-state index contributed by atoms with van der Waals surface area (Å²) in [5.41, 5.74) is 0.826. The Hall–Kier alpha value is -2.51. The van der Waals surface area contributed by atoms with E-state index in [0.717, 1.165) is 0 Å². The van der Waals surface area contributed by atoms with E-state index in [9.17, 15) is 15.0 Å². The summed E-state index contributed by atoms with van der Waals surface area (Å²) < 4.78 is 22.1. The third-order valence-electron chi connectivity index (χ3n) is 4.92. The SMILES string of the molecule is COc1cc2c(c3oc(=O)c4c(c13)C(O)C[C@@H]4O)[C@@H]1C=CO[C@@H]1O2. The van der Waals surface area contributed by atoms with Crippen LogP contribution in [0, 0.1) is 0 Å². The largest absolute Gasteiger partial charge is 0.496 e. The molecule has 24 heavy (non-hydrogen) atoms. The lowest BCUT2D eigenvalue weighted by molar-refractivity contribution is -0.00485. The normalized spacial score (nSPS) is 29.1. The molecule has 2 aliphatic heterocycles. The highest BCUT2D eigenvalue weighted by atomic mass is 16.7. The van der Waals surface area contributed by atoms with Crippen molar-refractivity contribution in [2.45, 2.75) is 30.8 Å². The van der Waals surface area contributed by atoms with Crippen LogP contribution in [0.1, 0.15) is 41.2 Å². The summed E-state index contributed by atoms with van der Waals surface area (Å²) in [6.07, 6.45) is 0.948. The van der Waals surface area contributed by atoms with Gasteiger partial charge >= 0.3 is 5.63 Å². The molecule has 7 nitrogen and oxygen atoms in total. The molecule has 2 N–H and O–H groups in total. The Morgan fingerprint density at radius 1 is 1.21 bits per heavy atom. The third-order valence-corrected chi connectivity index (χ3v) is 4.92. The summed E-state index contributed by atoms with van der Waals surface area (Å²) >= 11 is 0. The Morgan fingerprint density at radius 2 is 2.00 bits per heavy atom. The minimum atomic E-state index is -1.05. The van der Waals surface area contributed by atoms with Gasteiger partial charge in [0.25, 0.3) is 6.29 Å². The quantitative estimate of drug-likeness (QED) is 0.767. The van der Waals surface area contributed by atoms with Crippen LogP contribution in [0.3, 0.4) is 0 Å². The van der Waals surface area contributed by atoms with Crippen LogP contribution in [0.2, 0.25) is 0 Å². The zero-order chi connectivity index (χ0) is 16.6. The minimum absolute atomic E-state index is 0.0605. The number of fused-ring (bicyclic) bond motifs is 7. The second-order valence-corrected chi connectivity index (χ2v) is 6.16. The highest BCUT2D eigenvalue weighted by Crippen LogP contribution is 2.52. The minimum Gasteiger partial charge on any atom is -0.496 e. The van der Waals surface area contributed by atoms with Gasteiger partial charge in [0.2, 0.25) is 0 Å². The van der Waals surface area contributed by atoms with Crippen LogP contribution in [0.4, 0.5) is 0 Å². The van der Waals surface area contributed by atoms with E-state index in [1.165, 1.54) is 7.11 Å². The fourth-order valence-corrected chi connectivity index (χ4v) is 3.91. The Morgan fingerprint density at radius 3 is 2.79 bits per heavy atom. The van der Waals surface area contributed by atoms with E-state index in [-0.39, 0.29) is 17.9 Å². The van der Waals surface area contributed by atoms with Crippen molar-refractivity contribution in [1.29, 1.82) is 0 Å². The average Bonchev–Trinajstić information content (AvgIpc) is 3.19. The summed E-state index contributed by atoms with van der Waals surface area (Å²) in [6.45, 7) is 0. The molecule has 3 aliphatic rings. The van der Waals surface area contributed by atoms with Gasteiger partial charge in [0.05, 0.1) is 48.0 Å². The van der Waals surface area contributed by atoms with E-state index >= 15 is 0 Å². The lowest BCUT2D eigenvalue weighted by Crippen LogP contribution is -2.14. The van der Waals surface area contributed by atoms with Gasteiger partial charge in [-0.15, -0.1) is 0 Å². The van der Waals surface area contributed by atoms with Crippen LogP contribution in [0.25, 0.3) is 11.0 Å². The first-order valence-electron chi connectivity index (χ1n) is 7.66. The van der Waals surface area contributed by atoms with E-state index in [0.29, 0.717) is 33.6 Å². The van der Waals surface area contributed by atoms with Gasteiger partial charge in [0.15, 0.2) is 0 Å². The molecule has 1 aromatic heterocycles. The molecule has 124 valence electrons. The molecule has 3 heterocycles. The molecule has 2 aromatic rings. The zero-order valence-corrected chi connectivity index (χ0v) is 12.7. The fourth-order valence-electron chi connectivity index (χ4n) is 3.91. The monoisotopic (exact) mass is 330 g/mol. The number of hydrogen-bond acceptors (Lipinski definition) is 7. The first kappa shape index (κ1) is 13.9. The molecule has 0 saturated carbocycles. The molecule has 0 saturated heterocycles. The molecule has 0 radical (unpaired) electrons. The Balaban J connectivity index is 1.94. The lowest BCUT2D eigenvalue weighted by Gasteiger charge is -2.14. The van der Waals surface area contributed by atoms with Gasteiger partial charge < -0.3 is 28.8 Å². The van der Waals surface area contributed by atoms with E-state index in [4.69, 9.17) is 18.6 Å². The number of rotatable bonds is 1. The summed E-state index contributed by atoms with van der Waals surface area (Å²) in [4.78, 5) is 12.4. The molecule has 0 fully saturated rings. The van der Waals surface area contributed by atoms with Gasteiger partial charge in [-0.05, 0) is 6.08 Å². The Bertz CT molecular complexity index is 958. The molecule has 1 unspecified atom stereocenters. The first-order chi connectivity index (χ1) is 11.6. The van der Waals surface area contributed by atoms with Gasteiger partial charge in [-0.25, -0.2) is 4.79 Å². The predicted octanol–water partition coefficient (Wildman–Crippen LogP) is 1.62. The summed E-state index contributed by atoms with van der Waals surface area (Å²) in [6, 6.07) is 1.70. The summed E-state index contributed by atoms with van der Waals surface area (Å²) in [7, 11) is 1.49.